The number of primary amides is 1. The zero-order valence-corrected chi connectivity index (χ0v) is 14.4. The van der Waals surface area contributed by atoms with Crippen LogP contribution < -0.4 is 11.1 Å². The molecule has 0 fully saturated rings. The molecule has 1 atom stereocenters. The van der Waals surface area contributed by atoms with Crippen LogP contribution in [0.25, 0.3) is 10.9 Å². The Morgan fingerprint density at radius 1 is 1.25 bits per heavy atom. The molecule has 0 saturated carbocycles. The minimum Gasteiger partial charge on any atom is -0.366 e. The first-order valence-corrected chi connectivity index (χ1v) is 8.86. The van der Waals surface area contributed by atoms with Gasteiger partial charge in [-0.15, -0.1) is 11.3 Å². The van der Waals surface area contributed by atoms with Crippen LogP contribution in [0.3, 0.4) is 0 Å². The summed E-state index contributed by atoms with van der Waals surface area (Å²) in [5.41, 5.74) is 6.44. The highest BCUT2D eigenvalue weighted by Crippen LogP contribution is 2.29. The van der Waals surface area contributed by atoms with Gasteiger partial charge < -0.3 is 11.1 Å². The SMILES string of the molecule is C[C@@H](Sc1ncnc2ccccc12)C(=O)Nc1sccc1C(N)=O. The Morgan fingerprint density at radius 2 is 2.04 bits per heavy atom. The normalized spacial score (nSPS) is 12.0. The predicted molar refractivity (Wildman–Crippen MR) is 96.3 cm³/mol. The van der Waals surface area contributed by atoms with Crippen LogP contribution in [0.2, 0.25) is 0 Å². The number of nitrogens with zero attached hydrogens (tertiary/aromatic N) is 2. The number of fused-ring (bicyclic) bond motifs is 1. The number of thiophene rings is 1. The van der Waals surface area contributed by atoms with Crippen molar-refractivity contribution in [1.29, 1.82) is 0 Å². The van der Waals surface area contributed by atoms with Crippen LogP contribution in [0.15, 0.2) is 47.1 Å². The van der Waals surface area contributed by atoms with Gasteiger partial charge in [-0.3, -0.25) is 9.59 Å². The van der Waals surface area contributed by atoms with E-state index in [4.69, 9.17) is 5.73 Å². The molecule has 0 bridgehead atoms. The van der Waals surface area contributed by atoms with E-state index < -0.39 is 11.2 Å². The smallest absolute Gasteiger partial charge is 0.251 e. The van der Waals surface area contributed by atoms with E-state index in [2.05, 4.69) is 15.3 Å². The lowest BCUT2D eigenvalue weighted by atomic mass is 10.2. The van der Waals surface area contributed by atoms with Crippen LogP contribution in [0.5, 0.6) is 0 Å². The van der Waals surface area contributed by atoms with Gasteiger partial charge in [0.2, 0.25) is 5.91 Å². The van der Waals surface area contributed by atoms with Gasteiger partial charge in [-0.2, -0.15) is 0 Å². The number of amides is 2. The Bertz CT molecular complexity index is 904. The van der Waals surface area contributed by atoms with Crippen molar-refractivity contribution in [3.63, 3.8) is 0 Å². The maximum absolute atomic E-state index is 12.4. The molecule has 8 heteroatoms. The minimum absolute atomic E-state index is 0.215. The molecule has 0 radical (unpaired) electrons. The summed E-state index contributed by atoms with van der Waals surface area (Å²) in [6.07, 6.45) is 1.49. The molecule has 0 aliphatic heterocycles. The Morgan fingerprint density at radius 3 is 2.83 bits per heavy atom. The maximum atomic E-state index is 12.4. The van der Waals surface area contributed by atoms with E-state index >= 15 is 0 Å². The van der Waals surface area contributed by atoms with Crippen LogP contribution in [0.4, 0.5) is 5.00 Å². The molecule has 122 valence electrons. The largest absolute Gasteiger partial charge is 0.366 e. The van der Waals surface area contributed by atoms with Crippen LogP contribution in [-0.2, 0) is 4.79 Å². The number of thioether (sulfide) groups is 1. The summed E-state index contributed by atoms with van der Waals surface area (Å²) in [5.74, 6) is -0.777. The molecule has 0 saturated heterocycles. The fourth-order valence-electron chi connectivity index (χ4n) is 2.11. The summed E-state index contributed by atoms with van der Waals surface area (Å²) >= 11 is 2.61. The second kappa shape index (κ2) is 6.98. The first kappa shape index (κ1) is 16.4. The van der Waals surface area contributed by atoms with Gasteiger partial charge in [-0.05, 0) is 24.4 Å². The number of hydrogen-bond acceptors (Lipinski definition) is 6. The lowest BCUT2D eigenvalue weighted by molar-refractivity contribution is -0.115. The molecule has 0 aliphatic rings. The van der Waals surface area contributed by atoms with E-state index in [0.29, 0.717) is 10.6 Å². The van der Waals surface area contributed by atoms with E-state index in [9.17, 15) is 9.59 Å². The van der Waals surface area contributed by atoms with E-state index in [-0.39, 0.29) is 5.91 Å². The number of aromatic nitrogens is 2. The molecule has 0 spiro atoms. The van der Waals surface area contributed by atoms with Crippen LogP contribution in [-0.4, -0.2) is 27.0 Å². The molecule has 24 heavy (non-hydrogen) atoms. The Balaban J connectivity index is 1.76. The van der Waals surface area contributed by atoms with Crippen molar-refractivity contribution in [3.05, 3.63) is 47.6 Å². The number of nitrogens with two attached hydrogens (primary N) is 1. The number of carbonyl (C=O) groups is 2. The van der Waals surface area contributed by atoms with Crippen molar-refractivity contribution in [2.75, 3.05) is 5.32 Å². The number of hydrogen-bond donors (Lipinski definition) is 2. The fourth-order valence-corrected chi connectivity index (χ4v) is 3.81. The van der Waals surface area contributed by atoms with Crippen molar-refractivity contribution in [2.24, 2.45) is 5.73 Å². The predicted octanol–water partition coefficient (Wildman–Crippen LogP) is 2.91. The topological polar surface area (TPSA) is 98.0 Å². The van der Waals surface area contributed by atoms with Gasteiger partial charge in [0, 0.05) is 5.39 Å². The second-order valence-corrected chi connectivity index (χ2v) is 7.22. The number of carbonyl (C=O) groups excluding carboxylic acids is 2. The van der Waals surface area contributed by atoms with Crippen molar-refractivity contribution < 1.29 is 9.59 Å². The Kier molecular flexibility index (Phi) is 4.77. The summed E-state index contributed by atoms with van der Waals surface area (Å²) in [4.78, 5) is 32.2. The number of nitrogens with one attached hydrogen (secondary N) is 1. The maximum Gasteiger partial charge on any atom is 0.251 e. The first-order chi connectivity index (χ1) is 11.6. The monoisotopic (exact) mass is 358 g/mol. The third-order valence-corrected chi connectivity index (χ3v) is 5.28. The van der Waals surface area contributed by atoms with Crippen LogP contribution >= 0.6 is 23.1 Å². The van der Waals surface area contributed by atoms with Gasteiger partial charge >= 0.3 is 0 Å². The first-order valence-electron chi connectivity index (χ1n) is 7.11. The van der Waals surface area contributed by atoms with Crippen molar-refractivity contribution in [1.82, 2.24) is 9.97 Å². The summed E-state index contributed by atoms with van der Waals surface area (Å²) in [7, 11) is 0. The highest BCUT2D eigenvalue weighted by Gasteiger charge is 2.19. The molecule has 1 aromatic carbocycles. The fraction of sp³-hybridized carbons (Fsp3) is 0.125. The van der Waals surface area contributed by atoms with Gasteiger partial charge in [-0.25, -0.2) is 9.97 Å². The standard InChI is InChI=1S/C16H14N4O2S2/c1-9(14(22)20-16-11(13(17)21)6-7-23-16)24-15-10-4-2-3-5-12(10)18-8-19-15/h2-9H,1H3,(H2,17,21)(H,20,22)/t9-/m1/s1. The van der Waals surface area contributed by atoms with Crippen LogP contribution in [0.1, 0.15) is 17.3 Å². The molecular weight excluding hydrogens is 344 g/mol. The van der Waals surface area contributed by atoms with E-state index in [0.717, 1.165) is 15.9 Å². The number of rotatable bonds is 5. The van der Waals surface area contributed by atoms with Gasteiger partial charge in [-0.1, -0.05) is 30.0 Å². The number of benzene rings is 1. The van der Waals surface area contributed by atoms with Crippen LogP contribution in [0, 0.1) is 0 Å². The second-order valence-electron chi connectivity index (χ2n) is 4.97. The third-order valence-electron chi connectivity index (χ3n) is 3.33. The molecular formula is C16H14N4O2S2. The van der Waals surface area contributed by atoms with Crippen molar-refractivity contribution >= 4 is 50.8 Å². The van der Waals surface area contributed by atoms with E-state index in [1.165, 1.54) is 29.4 Å². The Labute approximate surface area is 146 Å². The van der Waals surface area contributed by atoms with Gasteiger partial charge in [0.1, 0.15) is 16.4 Å². The lowest BCUT2D eigenvalue weighted by Gasteiger charge is -2.12. The zero-order chi connectivity index (χ0) is 17.1. The average Bonchev–Trinajstić information content (AvgIpc) is 3.03. The van der Waals surface area contributed by atoms with Crippen molar-refractivity contribution in [3.8, 4) is 0 Å². The molecule has 2 aromatic heterocycles. The molecule has 0 unspecified atom stereocenters. The van der Waals surface area contributed by atoms with Gasteiger partial charge in [0.15, 0.2) is 0 Å². The highest BCUT2D eigenvalue weighted by molar-refractivity contribution is 8.00. The molecule has 6 nitrogen and oxygen atoms in total. The summed E-state index contributed by atoms with van der Waals surface area (Å²) in [6, 6.07) is 9.23. The lowest BCUT2D eigenvalue weighted by Crippen LogP contribution is -2.23. The highest BCUT2D eigenvalue weighted by atomic mass is 32.2. The third kappa shape index (κ3) is 3.39. The molecule has 2 heterocycles. The average molecular weight is 358 g/mol. The summed E-state index contributed by atoms with van der Waals surface area (Å²) < 4.78 is 0. The molecule has 3 N–H and O–H groups in total. The Hall–Kier alpha value is -2.45. The molecule has 3 aromatic rings. The van der Waals surface area contributed by atoms with Gasteiger partial charge in [0.05, 0.1) is 16.3 Å². The molecule has 2 amide bonds. The molecule has 0 aliphatic carbocycles. The minimum atomic E-state index is -0.561. The zero-order valence-electron chi connectivity index (χ0n) is 12.7. The number of para-hydroxylation sites is 1. The van der Waals surface area contributed by atoms with E-state index in [1.807, 2.05) is 24.3 Å². The van der Waals surface area contributed by atoms with Gasteiger partial charge in [0.25, 0.3) is 5.91 Å². The van der Waals surface area contributed by atoms with Crippen molar-refractivity contribution in [2.45, 2.75) is 17.2 Å². The van der Waals surface area contributed by atoms with E-state index in [1.54, 1.807) is 18.4 Å². The summed E-state index contributed by atoms with van der Waals surface area (Å²) in [5, 5.41) is 6.18. The number of anilines is 1. The summed E-state index contributed by atoms with van der Waals surface area (Å²) in [6.45, 7) is 1.79. The quantitative estimate of drug-likeness (QED) is 0.540. The molecule has 3 rings (SSSR count).